The number of carbonyl (C=O) groups is 2. The van der Waals surface area contributed by atoms with Gasteiger partial charge in [-0.05, 0) is 25.7 Å². The molecule has 0 aromatic carbocycles. The average molecular weight is 581 g/mol. The zero-order valence-electron chi connectivity index (χ0n) is 26.9. The fourth-order valence-electron chi connectivity index (χ4n) is 5.23. The number of pyridine rings is 2. The first kappa shape index (κ1) is 35.4. The van der Waals surface area contributed by atoms with Crippen molar-refractivity contribution in [1.29, 1.82) is 0 Å². The van der Waals surface area contributed by atoms with Crippen LogP contribution in [0.25, 0.3) is 0 Å². The van der Waals surface area contributed by atoms with Crippen LogP contribution in [0.15, 0.2) is 49.1 Å². The van der Waals surface area contributed by atoms with Crippen LogP contribution < -0.4 is 19.8 Å². The Morgan fingerprint density at radius 3 is 1.12 bits per heavy atom. The minimum atomic E-state index is -0.0390. The van der Waals surface area contributed by atoms with Crippen molar-refractivity contribution in [1.82, 2.24) is 10.6 Å². The van der Waals surface area contributed by atoms with E-state index >= 15 is 0 Å². The van der Waals surface area contributed by atoms with E-state index in [2.05, 4.69) is 33.6 Å². The number of hydrogen-bond acceptors (Lipinski definition) is 2. The Morgan fingerprint density at radius 2 is 0.786 bits per heavy atom. The van der Waals surface area contributed by atoms with Gasteiger partial charge in [0.15, 0.2) is 24.8 Å². The summed E-state index contributed by atoms with van der Waals surface area (Å²) in [6.45, 7) is 7.73. The van der Waals surface area contributed by atoms with Crippen LogP contribution in [0.5, 0.6) is 0 Å². The molecule has 0 radical (unpaired) electrons. The van der Waals surface area contributed by atoms with Gasteiger partial charge in [-0.25, -0.2) is 9.13 Å². The molecule has 0 atom stereocenters. The first-order valence-electron chi connectivity index (χ1n) is 17.2. The molecule has 2 amide bonds. The maximum atomic E-state index is 12.5. The van der Waals surface area contributed by atoms with Crippen LogP contribution in [-0.2, 0) is 13.1 Å². The van der Waals surface area contributed by atoms with Gasteiger partial charge in [0.25, 0.3) is 11.8 Å². The Hall–Kier alpha value is -2.76. The minimum Gasteiger partial charge on any atom is -0.352 e. The molecule has 2 aromatic heterocycles. The van der Waals surface area contributed by atoms with E-state index < -0.39 is 0 Å². The average Bonchev–Trinajstić information content (AvgIpc) is 3.02. The molecule has 0 spiro atoms. The van der Waals surface area contributed by atoms with Crippen molar-refractivity contribution >= 4 is 11.8 Å². The maximum Gasteiger partial charge on any atom is 0.251 e. The Bertz CT molecular complexity index is 880. The van der Waals surface area contributed by atoms with Crippen molar-refractivity contribution in [3.8, 4) is 0 Å². The highest BCUT2D eigenvalue weighted by Crippen LogP contribution is 2.09. The summed E-state index contributed by atoms with van der Waals surface area (Å²) in [6, 6.07) is 7.61. The molecule has 0 fully saturated rings. The Morgan fingerprint density at radius 1 is 0.476 bits per heavy atom. The molecule has 0 aliphatic heterocycles. The van der Waals surface area contributed by atoms with Crippen LogP contribution in [0.4, 0.5) is 0 Å². The molecule has 0 saturated heterocycles. The lowest BCUT2D eigenvalue weighted by Crippen LogP contribution is -2.34. The van der Waals surface area contributed by atoms with Crippen LogP contribution in [0, 0.1) is 0 Å². The summed E-state index contributed by atoms with van der Waals surface area (Å²) in [5, 5.41) is 5.99. The number of aromatic nitrogens is 2. The summed E-state index contributed by atoms with van der Waals surface area (Å²) < 4.78 is 4.33. The molecule has 0 bridgehead atoms. The summed E-state index contributed by atoms with van der Waals surface area (Å²) in [7, 11) is 0. The zero-order valence-corrected chi connectivity index (χ0v) is 26.9. The maximum absolute atomic E-state index is 12.5. The van der Waals surface area contributed by atoms with Crippen LogP contribution in [-0.4, -0.2) is 24.9 Å². The Labute approximate surface area is 256 Å². The van der Waals surface area contributed by atoms with E-state index in [-0.39, 0.29) is 11.8 Å². The quantitative estimate of drug-likeness (QED) is 0.0944. The summed E-state index contributed by atoms with van der Waals surface area (Å²) in [5.41, 5.74) is 1.39. The summed E-state index contributed by atoms with van der Waals surface area (Å²) in [6.07, 6.45) is 30.7. The number of unbranched alkanes of at least 4 members (excludes halogenated alkanes) is 15. The molecule has 2 N–H and O–H groups in total. The van der Waals surface area contributed by atoms with E-state index in [4.69, 9.17) is 0 Å². The number of aryl methyl sites for hydroxylation is 2. The molecule has 0 aliphatic rings. The van der Waals surface area contributed by atoms with Gasteiger partial charge in [0.2, 0.25) is 0 Å². The van der Waals surface area contributed by atoms with Gasteiger partial charge in [-0.1, -0.05) is 90.9 Å². The van der Waals surface area contributed by atoms with Crippen molar-refractivity contribution in [2.45, 2.75) is 143 Å². The van der Waals surface area contributed by atoms with Gasteiger partial charge < -0.3 is 10.6 Å². The van der Waals surface area contributed by atoms with Crippen molar-refractivity contribution < 1.29 is 18.7 Å². The number of amides is 2. The largest absolute Gasteiger partial charge is 0.352 e. The summed E-state index contributed by atoms with van der Waals surface area (Å²) >= 11 is 0. The van der Waals surface area contributed by atoms with Gasteiger partial charge in [-0.2, -0.15) is 0 Å². The lowest BCUT2D eigenvalue weighted by molar-refractivity contribution is -0.697. The number of nitrogens with one attached hydrogen (secondary N) is 2. The van der Waals surface area contributed by atoms with Crippen molar-refractivity contribution in [2.75, 3.05) is 13.1 Å². The third kappa shape index (κ3) is 16.6. The van der Waals surface area contributed by atoms with Crippen LogP contribution >= 0.6 is 0 Å². The van der Waals surface area contributed by atoms with Gasteiger partial charge in [-0.3, -0.25) is 9.59 Å². The third-order valence-corrected chi connectivity index (χ3v) is 8.02. The molecule has 0 aliphatic carbocycles. The molecule has 2 aromatic rings. The van der Waals surface area contributed by atoms with Crippen molar-refractivity contribution in [3.05, 3.63) is 60.2 Å². The minimum absolute atomic E-state index is 0.0390. The van der Waals surface area contributed by atoms with Crippen molar-refractivity contribution in [2.24, 2.45) is 0 Å². The summed E-state index contributed by atoms with van der Waals surface area (Å²) in [5.74, 6) is -0.0781. The van der Waals surface area contributed by atoms with Gasteiger partial charge in [0.1, 0.15) is 13.1 Å². The molecular weight excluding hydrogens is 520 g/mol. The highest BCUT2D eigenvalue weighted by molar-refractivity contribution is 5.94. The topological polar surface area (TPSA) is 66.0 Å². The Kier molecular flexibility index (Phi) is 20.1. The second-order valence-electron chi connectivity index (χ2n) is 11.8. The van der Waals surface area contributed by atoms with Crippen LogP contribution in [0.1, 0.15) is 150 Å². The number of rotatable bonds is 25. The standard InChI is InChI=1S/C36H58N4O2/c1-3-5-7-9-11-13-15-19-27-39-29-21-33(22-30-39)35(41)37-25-17-18-26-38-36(42)34-23-31-40(32-24-34)28-20-16-14-12-10-8-6-4-2/h21-24,29-32H,3-20,25-28H2,1-2H3/p+2. The Balaban J connectivity index is 1.50. The van der Waals surface area contributed by atoms with E-state index in [0.29, 0.717) is 24.2 Å². The normalized spacial score (nSPS) is 11.0. The highest BCUT2D eigenvalue weighted by Gasteiger charge is 2.10. The highest BCUT2D eigenvalue weighted by atomic mass is 16.2. The molecular formula is C36H60N4O2+2. The predicted molar refractivity (Wildman–Crippen MR) is 172 cm³/mol. The molecule has 42 heavy (non-hydrogen) atoms. The fourth-order valence-corrected chi connectivity index (χ4v) is 5.23. The van der Waals surface area contributed by atoms with Crippen LogP contribution in [0.3, 0.4) is 0 Å². The van der Waals surface area contributed by atoms with E-state index in [1.54, 1.807) is 0 Å². The van der Waals surface area contributed by atoms with Crippen LogP contribution in [0.2, 0.25) is 0 Å². The predicted octanol–water partition coefficient (Wildman–Crippen LogP) is 7.48. The first-order chi connectivity index (χ1) is 20.6. The number of carbonyl (C=O) groups excluding carboxylic acids is 2. The fraction of sp³-hybridized carbons (Fsp3) is 0.667. The molecule has 2 heterocycles. The molecule has 0 unspecified atom stereocenters. The van der Waals surface area contributed by atoms with E-state index in [1.165, 1.54) is 103 Å². The first-order valence-corrected chi connectivity index (χ1v) is 17.2. The number of nitrogens with zero attached hydrogens (tertiary/aromatic N) is 2. The summed E-state index contributed by atoms with van der Waals surface area (Å²) in [4.78, 5) is 24.9. The van der Waals surface area contributed by atoms with E-state index in [9.17, 15) is 9.59 Å². The second kappa shape index (κ2) is 23.8. The molecule has 0 saturated carbocycles. The smallest absolute Gasteiger partial charge is 0.251 e. The van der Waals surface area contributed by atoms with E-state index in [0.717, 1.165) is 25.9 Å². The van der Waals surface area contributed by atoms with Crippen molar-refractivity contribution in [3.63, 3.8) is 0 Å². The molecule has 6 heteroatoms. The molecule has 6 nitrogen and oxygen atoms in total. The van der Waals surface area contributed by atoms with Gasteiger partial charge in [0, 0.05) is 50.2 Å². The number of hydrogen-bond donors (Lipinski definition) is 2. The SMILES string of the molecule is CCCCCCCCCC[n+]1ccc(C(=O)NCCCCNC(=O)c2cc[n+](CCCCCCCCCC)cc2)cc1. The van der Waals surface area contributed by atoms with Gasteiger partial charge >= 0.3 is 0 Å². The van der Waals surface area contributed by atoms with Gasteiger partial charge in [-0.15, -0.1) is 0 Å². The molecule has 2 rings (SSSR count). The van der Waals surface area contributed by atoms with E-state index in [1.807, 2.05) is 49.1 Å². The second-order valence-corrected chi connectivity index (χ2v) is 11.8. The zero-order chi connectivity index (χ0) is 30.1. The molecule has 234 valence electrons. The van der Waals surface area contributed by atoms with Gasteiger partial charge in [0.05, 0.1) is 11.1 Å². The lowest BCUT2D eigenvalue weighted by atomic mass is 10.1. The lowest BCUT2D eigenvalue weighted by Gasteiger charge is -2.07. The monoisotopic (exact) mass is 580 g/mol. The third-order valence-electron chi connectivity index (χ3n) is 8.02.